The van der Waals surface area contributed by atoms with Crippen LogP contribution in [-0.4, -0.2) is 25.7 Å². The van der Waals surface area contributed by atoms with E-state index in [4.69, 9.17) is 0 Å². The highest BCUT2D eigenvalue weighted by Crippen LogP contribution is 2.30. The number of rotatable bonds is 4. The van der Waals surface area contributed by atoms with Crippen LogP contribution in [0.5, 0.6) is 0 Å². The lowest BCUT2D eigenvalue weighted by atomic mass is 10.2. The Labute approximate surface area is 145 Å². The van der Waals surface area contributed by atoms with Crippen LogP contribution < -0.4 is 0 Å². The molecule has 24 heavy (non-hydrogen) atoms. The van der Waals surface area contributed by atoms with Gasteiger partial charge in [-0.25, -0.2) is 9.97 Å². The van der Waals surface area contributed by atoms with Crippen molar-refractivity contribution in [3.05, 3.63) is 71.5 Å². The van der Waals surface area contributed by atoms with E-state index in [2.05, 4.69) is 19.9 Å². The molecule has 0 unspecified atom stereocenters. The Bertz CT molecular complexity index is 900. The number of carbonyl (C=O) groups is 1. The largest absolute Gasteiger partial charge is 0.283 e. The smallest absolute Gasteiger partial charge is 0.250 e. The lowest BCUT2D eigenvalue weighted by Gasteiger charge is -1.94. The third-order valence-electron chi connectivity index (χ3n) is 3.33. The zero-order valence-electron chi connectivity index (χ0n) is 12.3. The number of pyridine rings is 2. The van der Waals surface area contributed by atoms with Gasteiger partial charge in [-0.3, -0.25) is 14.8 Å². The molecule has 0 saturated carbocycles. The molecule has 0 bridgehead atoms. The summed E-state index contributed by atoms with van der Waals surface area (Å²) in [6.45, 7) is 0. The summed E-state index contributed by atoms with van der Waals surface area (Å²) < 4.78 is 0. The lowest BCUT2D eigenvalue weighted by Crippen LogP contribution is -1.98. The van der Waals surface area contributed by atoms with E-state index in [9.17, 15) is 4.79 Å². The van der Waals surface area contributed by atoms with Crippen molar-refractivity contribution in [1.29, 1.82) is 0 Å². The molecule has 4 aromatic rings. The SMILES string of the molecule is O=C(c1ncc(-c2ccncc2)s1)c1ncc(-c2ccncc2)s1. The molecule has 0 N–H and O–H groups in total. The highest BCUT2D eigenvalue weighted by atomic mass is 32.1. The van der Waals surface area contributed by atoms with Gasteiger partial charge in [-0.2, -0.15) is 0 Å². The second kappa shape index (κ2) is 6.38. The van der Waals surface area contributed by atoms with Crippen molar-refractivity contribution < 1.29 is 4.79 Å². The maximum atomic E-state index is 12.6. The van der Waals surface area contributed by atoms with Gasteiger partial charge in [0.05, 0.1) is 9.75 Å². The van der Waals surface area contributed by atoms with E-state index in [1.54, 1.807) is 37.2 Å². The highest BCUT2D eigenvalue weighted by Gasteiger charge is 2.18. The maximum absolute atomic E-state index is 12.6. The van der Waals surface area contributed by atoms with Crippen LogP contribution in [0.15, 0.2) is 61.4 Å². The van der Waals surface area contributed by atoms with Gasteiger partial charge in [0, 0.05) is 37.2 Å². The summed E-state index contributed by atoms with van der Waals surface area (Å²) in [6, 6.07) is 7.58. The fourth-order valence-corrected chi connectivity index (χ4v) is 3.94. The van der Waals surface area contributed by atoms with Gasteiger partial charge in [-0.15, -0.1) is 22.7 Å². The van der Waals surface area contributed by atoms with Gasteiger partial charge in [0.15, 0.2) is 10.0 Å². The number of carbonyl (C=O) groups excluding carboxylic acids is 1. The molecule has 7 heteroatoms. The molecule has 116 valence electrons. The minimum atomic E-state index is -0.148. The number of hydrogen-bond donors (Lipinski definition) is 0. The Hall–Kier alpha value is -2.77. The van der Waals surface area contributed by atoms with Crippen LogP contribution in [0.25, 0.3) is 20.9 Å². The van der Waals surface area contributed by atoms with Crippen molar-refractivity contribution in [1.82, 2.24) is 19.9 Å². The molecule has 0 radical (unpaired) electrons. The summed E-state index contributed by atoms with van der Waals surface area (Å²) in [4.78, 5) is 31.0. The van der Waals surface area contributed by atoms with E-state index >= 15 is 0 Å². The molecule has 5 nitrogen and oxygen atoms in total. The molecule has 0 saturated heterocycles. The second-order valence-corrected chi connectivity index (χ2v) is 6.92. The minimum Gasteiger partial charge on any atom is -0.283 e. The van der Waals surface area contributed by atoms with Crippen molar-refractivity contribution in [2.45, 2.75) is 0 Å². The highest BCUT2D eigenvalue weighted by molar-refractivity contribution is 7.20. The van der Waals surface area contributed by atoms with Gasteiger partial charge < -0.3 is 0 Å². The van der Waals surface area contributed by atoms with E-state index in [-0.39, 0.29) is 5.78 Å². The van der Waals surface area contributed by atoms with Crippen molar-refractivity contribution in [2.75, 3.05) is 0 Å². The first kappa shape index (κ1) is 14.8. The first-order chi connectivity index (χ1) is 11.8. The molecule has 4 heterocycles. The van der Waals surface area contributed by atoms with Gasteiger partial charge in [0.2, 0.25) is 5.78 Å². The van der Waals surface area contributed by atoms with Crippen LogP contribution in [0.1, 0.15) is 14.8 Å². The Kier molecular flexibility index (Phi) is 3.94. The molecule has 0 aliphatic carbocycles. The summed E-state index contributed by atoms with van der Waals surface area (Å²) in [6.07, 6.45) is 10.3. The summed E-state index contributed by atoms with van der Waals surface area (Å²) >= 11 is 2.72. The predicted octanol–water partition coefficient (Wildman–Crippen LogP) is 3.95. The van der Waals surface area contributed by atoms with Gasteiger partial charge in [-0.05, 0) is 35.4 Å². The zero-order chi connectivity index (χ0) is 16.4. The number of thiazole rings is 2. The molecule has 0 aliphatic rings. The lowest BCUT2D eigenvalue weighted by molar-refractivity contribution is 0.103. The molecule has 0 amide bonds. The monoisotopic (exact) mass is 350 g/mol. The van der Waals surface area contributed by atoms with Gasteiger partial charge in [0.25, 0.3) is 0 Å². The Morgan fingerprint density at radius 3 is 1.54 bits per heavy atom. The molecule has 4 rings (SSSR count). The maximum Gasteiger partial charge on any atom is 0.250 e. The van der Waals surface area contributed by atoms with E-state index in [1.807, 2.05) is 24.3 Å². The van der Waals surface area contributed by atoms with E-state index in [1.165, 1.54) is 22.7 Å². The molecule has 0 fully saturated rings. The predicted molar refractivity (Wildman–Crippen MR) is 94.1 cm³/mol. The first-order valence-corrected chi connectivity index (χ1v) is 8.72. The van der Waals surface area contributed by atoms with Gasteiger partial charge in [-0.1, -0.05) is 0 Å². The third kappa shape index (κ3) is 2.86. The average molecular weight is 350 g/mol. The molecule has 0 aliphatic heterocycles. The van der Waals surface area contributed by atoms with Crippen LogP contribution in [0.4, 0.5) is 0 Å². The Balaban J connectivity index is 1.61. The normalized spacial score (nSPS) is 10.7. The molecule has 0 atom stereocenters. The molecule has 0 spiro atoms. The van der Waals surface area contributed by atoms with Crippen molar-refractivity contribution in [2.24, 2.45) is 0 Å². The first-order valence-electron chi connectivity index (χ1n) is 7.08. The summed E-state index contributed by atoms with van der Waals surface area (Å²) in [7, 11) is 0. The summed E-state index contributed by atoms with van der Waals surface area (Å²) in [5.41, 5.74) is 2.00. The molecule has 0 aromatic carbocycles. The fraction of sp³-hybridized carbons (Fsp3) is 0. The topological polar surface area (TPSA) is 68.6 Å². The van der Waals surface area contributed by atoms with E-state index < -0.39 is 0 Å². The number of hydrogen-bond acceptors (Lipinski definition) is 7. The van der Waals surface area contributed by atoms with E-state index in [0.29, 0.717) is 10.0 Å². The van der Waals surface area contributed by atoms with Crippen molar-refractivity contribution >= 4 is 28.5 Å². The van der Waals surface area contributed by atoms with E-state index in [0.717, 1.165) is 20.9 Å². The molecule has 4 aromatic heterocycles. The van der Waals surface area contributed by atoms with Crippen LogP contribution >= 0.6 is 22.7 Å². The summed E-state index contributed by atoms with van der Waals surface area (Å²) in [5.74, 6) is -0.148. The number of nitrogens with zero attached hydrogens (tertiary/aromatic N) is 4. The quantitative estimate of drug-likeness (QED) is 0.521. The van der Waals surface area contributed by atoms with Gasteiger partial charge >= 0.3 is 0 Å². The molecular formula is C17H10N4OS2. The Morgan fingerprint density at radius 1 is 0.708 bits per heavy atom. The summed E-state index contributed by atoms with van der Waals surface area (Å²) in [5, 5.41) is 0.884. The standard InChI is InChI=1S/C17H10N4OS2/c22-15(16-20-9-13(23-16)11-1-5-18-6-2-11)17-21-10-14(24-17)12-3-7-19-8-4-12/h1-10H. The van der Waals surface area contributed by atoms with Crippen molar-refractivity contribution in [3.63, 3.8) is 0 Å². The molecular weight excluding hydrogens is 340 g/mol. The fourth-order valence-electron chi connectivity index (χ4n) is 2.15. The second-order valence-electron chi connectivity index (χ2n) is 4.86. The van der Waals surface area contributed by atoms with Crippen LogP contribution in [0.2, 0.25) is 0 Å². The Morgan fingerprint density at radius 2 is 1.12 bits per heavy atom. The van der Waals surface area contributed by atoms with Crippen LogP contribution in [0.3, 0.4) is 0 Å². The van der Waals surface area contributed by atoms with Gasteiger partial charge in [0.1, 0.15) is 0 Å². The zero-order valence-corrected chi connectivity index (χ0v) is 13.9. The van der Waals surface area contributed by atoms with Crippen molar-refractivity contribution in [3.8, 4) is 20.9 Å². The van der Waals surface area contributed by atoms with Crippen LogP contribution in [0, 0.1) is 0 Å². The van der Waals surface area contributed by atoms with Crippen LogP contribution in [-0.2, 0) is 0 Å². The number of aromatic nitrogens is 4. The minimum absolute atomic E-state index is 0.148. The third-order valence-corrected chi connectivity index (χ3v) is 5.42. The number of ketones is 1. The average Bonchev–Trinajstić information content (AvgIpc) is 3.33.